The molecule has 0 bridgehead atoms. The lowest BCUT2D eigenvalue weighted by atomic mass is 10.0. The van der Waals surface area contributed by atoms with Crippen LogP contribution in [0, 0.1) is 13.8 Å². The van der Waals surface area contributed by atoms with Gasteiger partial charge in [-0.15, -0.1) is 11.6 Å². The Bertz CT molecular complexity index is 420. The third kappa shape index (κ3) is 4.68. The average Bonchev–Trinajstić information content (AvgIpc) is 2.42. The Labute approximate surface area is 129 Å². The minimum Gasteiger partial charge on any atom is -0.496 e. The molecule has 0 amide bonds. The van der Waals surface area contributed by atoms with Crippen molar-refractivity contribution in [1.29, 1.82) is 0 Å². The number of rotatable bonds is 8. The minimum atomic E-state index is -0.0274. The summed E-state index contributed by atoms with van der Waals surface area (Å²) < 4.78 is 5.55. The molecule has 0 saturated heterocycles. The van der Waals surface area contributed by atoms with Gasteiger partial charge in [0.05, 0.1) is 12.5 Å². The summed E-state index contributed by atoms with van der Waals surface area (Å²) in [7, 11) is 1.72. The molecule has 1 aromatic rings. The number of unbranched alkanes of at least 4 members (excludes halogenated alkanes) is 1. The lowest BCUT2D eigenvalue weighted by Gasteiger charge is -2.25. The van der Waals surface area contributed by atoms with Crippen molar-refractivity contribution in [3.63, 3.8) is 0 Å². The first kappa shape index (κ1) is 17.3. The van der Waals surface area contributed by atoms with Crippen molar-refractivity contribution in [3.05, 3.63) is 28.8 Å². The van der Waals surface area contributed by atoms with Gasteiger partial charge in [0.2, 0.25) is 0 Å². The van der Waals surface area contributed by atoms with Gasteiger partial charge >= 0.3 is 0 Å². The lowest BCUT2D eigenvalue weighted by molar-refractivity contribution is 0.282. The molecule has 114 valence electrons. The molecule has 1 unspecified atom stereocenters. The molecular weight excluding hydrogens is 270 g/mol. The largest absolute Gasteiger partial charge is 0.496 e. The van der Waals surface area contributed by atoms with Gasteiger partial charge in [0.15, 0.2) is 0 Å². The molecule has 0 spiro atoms. The maximum atomic E-state index is 6.66. The highest BCUT2D eigenvalue weighted by Gasteiger charge is 2.18. The van der Waals surface area contributed by atoms with Crippen LogP contribution >= 0.6 is 11.6 Å². The van der Waals surface area contributed by atoms with Gasteiger partial charge in [0, 0.05) is 12.1 Å². The van der Waals surface area contributed by atoms with E-state index in [-0.39, 0.29) is 5.38 Å². The first-order valence-electron chi connectivity index (χ1n) is 7.55. The summed E-state index contributed by atoms with van der Waals surface area (Å²) in [6.45, 7) is 11.6. The van der Waals surface area contributed by atoms with Gasteiger partial charge in [0.25, 0.3) is 0 Å². The maximum absolute atomic E-state index is 6.66. The molecule has 0 aliphatic rings. The molecule has 1 aromatic carbocycles. The molecule has 1 atom stereocenters. The van der Waals surface area contributed by atoms with Gasteiger partial charge in [0.1, 0.15) is 5.75 Å². The highest BCUT2D eigenvalue weighted by molar-refractivity contribution is 6.21. The van der Waals surface area contributed by atoms with Crippen LogP contribution in [0.1, 0.15) is 48.8 Å². The molecule has 20 heavy (non-hydrogen) atoms. The molecular formula is C17H28ClNO. The van der Waals surface area contributed by atoms with Crippen molar-refractivity contribution >= 4 is 11.6 Å². The molecule has 0 fully saturated rings. The SMILES string of the molecule is CCCCN(CC)CC(Cl)c1cc(C)cc(C)c1OC. The van der Waals surface area contributed by atoms with Gasteiger partial charge < -0.3 is 9.64 Å². The Morgan fingerprint density at radius 1 is 1.25 bits per heavy atom. The highest BCUT2D eigenvalue weighted by atomic mass is 35.5. The predicted molar refractivity (Wildman–Crippen MR) is 88.1 cm³/mol. The van der Waals surface area contributed by atoms with Crippen LogP contribution in [-0.2, 0) is 0 Å². The summed E-state index contributed by atoms with van der Waals surface area (Å²) in [5, 5.41) is -0.0274. The molecule has 0 aliphatic heterocycles. The summed E-state index contributed by atoms with van der Waals surface area (Å²) in [5.41, 5.74) is 3.51. The van der Waals surface area contributed by atoms with Crippen LogP contribution in [0.3, 0.4) is 0 Å². The number of alkyl halides is 1. The number of halogens is 1. The Kier molecular flexibility index (Phi) is 7.39. The summed E-state index contributed by atoms with van der Waals surface area (Å²) >= 11 is 6.66. The number of aryl methyl sites for hydroxylation is 2. The van der Waals surface area contributed by atoms with Gasteiger partial charge in [-0.1, -0.05) is 38.0 Å². The lowest BCUT2D eigenvalue weighted by Crippen LogP contribution is -2.28. The molecule has 0 saturated carbocycles. The Morgan fingerprint density at radius 2 is 1.95 bits per heavy atom. The fourth-order valence-electron chi connectivity index (χ4n) is 2.58. The first-order chi connectivity index (χ1) is 9.53. The van der Waals surface area contributed by atoms with Crippen molar-refractivity contribution in [2.75, 3.05) is 26.7 Å². The van der Waals surface area contributed by atoms with E-state index in [0.717, 1.165) is 36.5 Å². The molecule has 2 nitrogen and oxygen atoms in total. The van der Waals surface area contributed by atoms with Crippen molar-refractivity contribution < 1.29 is 4.74 Å². The third-order valence-electron chi connectivity index (χ3n) is 3.68. The van der Waals surface area contributed by atoms with Crippen LogP contribution in [-0.4, -0.2) is 31.6 Å². The van der Waals surface area contributed by atoms with Crippen LogP contribution < -0.4 is 4.74 Å². The van der Waals surface area contributed by atoms with E-state index in [9.17, 15) is 0 Å². The monoisotopic (exact) mass is 297 g/mol. The molecule has 1 rings (SSSR count). The third-order valence-corrected chi connectivity index (χ3v) is 4.06. The van der Waals surface area contributed by atoms with E-state index in [0.29, 0.717) is 0 Å². The Balaban J connectivity index is 2.87. The van der Waals surface area contributed by atoms with Gasteiger partial charge in [-0.05, 0) is 38.9 Å². The second-order valence-corrected chi connectivity index (χ2v) is 5.95. The quantitative estimate of drug-likeness (QED) is 0.644. The molecule has 0 heterocycles. The number of hydrogen-bond donors (Lipinski definition) is 0. The summed E-state index contributed by atoms with van der Waals surface area (Å²) in [4.78, 5) is 2.41. The van der Waals surface area contributed by atoms with Crippen molar-refractivity contribution in [2.24, 2.45) is 0 Å². The van der Waals surface area contributed by atoms with E-state index < -0.39 is 0 Å². The van der Waals surface area contributed by atoms with E-state index in [4.69, 9.17) is 16.3 Å². The predicted octanol–water partition coefficient (Wildman–Crippen LogP) is 4.71. The second kappa shape index (κ2) is 8.53. The van der Waals surface area contributed by atoms with Gasteiger partial charge in [-0.2, -0.15) is 0 Å². The van der Waals surface area contributed by atoms with Crippen LogP contribution in [0.15, 0.2) is 12.1 Å². The van der Waals surface area contributed by atoms with E-state index >= 15 is 0 Å². The van der Waals surface area contributed by atoms with E-state index in [1.54, 1.807) is 7.11 Å². The highest BCUT2D eigenvalue weighted by Crippen LogP contribution is 2.34. The summed E-state index contributed by atoms with van der Waals surface area (Å²) in [5.74, 6) is 0.933. The normalized spacial score (nSPS) is 12.8. The van der Waals surface area contributed by atoms with Crippen LogP contribution in [0.5, 0.6) is 5.75 Å². The number of methoxy groups -OCH3 is 1. The summed E-state index contributed by atoms with van der Waals surface area (Å²) in [6.07, 6.45) is 2.44. The zero-order chi connectivity index (χ0) is 15.1. The second-order valence-electron chi connectivity index (χ2n) is 5.42. The van der Waals surface area contributed by atoms with Gasteiger partial charge in [-0.3, -0.25) is 0 Å². The fraction of sp³-hybridized carbons (Fsp3) is 0.647. The number of hydrogen-bond acceptors (Lipinski definition) is 2. The molecule has 0 N–H and O–H groups in total. The Morgan fingerprint density at radius 3 is 2.50 bits per heavy atom. The number of likely N-dealkylation sites (N-methyl/N-ethyl adjacent to an activating group) is 1. The fourth-order valence-corrected chi connectivity index (χ4v) is 2.94. The van der Waals surface area contributed by atoms with E-state index in [1.807, 2.05) is 0 Å². The molecule has 0 aromatic heterocycles. The molecule has 3 heteroatoms. The van der Waals surface area contributed by atoms with E-state index in [2.05, 4.69) is 44.7 Å². The standard InChI is InChI=1S/C17H28ClNO/c1-6-8-9-19(7-2)12-16(18)15-11-13(3)10-14(4)17(15)20-5/h10-11,16H,6-9,12H2,1-5H3. The van der Waals surface area contributed by atoms with E-state index in [1.165, 1.54) is 18.4 Å². The zero-order valence-corrected chi connectivity index (χ0v) is 14.3. The van der Waals surface area contributed by atoms with Gasteiger partial charge in [-0.25, -0.2) is 0 Å². The maximum Gasteiger partial charge on any atom is 0.126 e. The molecule has 0 aliphatic carbocycles. The van der Waals surface area contributed by atoms with Crippen LogP contribution in [0.4, 0.5) is 0 Å². The van der Waals surface area contributed by atoms with Crippen molar-refractivity contribution in [2.45, 2.75) is 45.9 Å². The topological polar surface area (TPSA) is 12.5 Å². The number of nitrogens with zero attached hydrogens (tertiary/aromatic N) is 1. The minimum absolute atomic E-state index is 0.0274. The van der Waals surface area contributed by atoms with Crippen molar-refractivity contribution in [3.8, 4) is 5.75 Å². The smallest absolute Gasteiger partial charge is 0.126 e. The number of benzene rings is 1. The van der Waals surface area contributed by atoms with Crippen LogP contribution in [0.25, 0.3) is 0 Å². The Hall–Kier alpha value is -0.730. The first-order valence-corrected chi connectivity index (χ1v) is 7.98. The average molecular weight is 298 g/mol. The number of ether oxygens (including phenoxy) is 1. The molecule has 0 radical (unpaired) electrons. The van der Waals surface area contributed by atoms with Crippen molar-refractivity contribution in [1.82, 2.24) is 4.90 Å². The summed E-state index contributed by atoms with van der Waals surface area (Å²) in [6, 6.07) is 4.29. The van der Waals surface area contributed by atoms with Crippen LogP contribution in [0.2, 0.25) is 0 Å². The zero-order valence-electron chi connectivity index (χ0n) is 13.5.